The van der Waals surface area contributed by atoms with Gasteiger partial charge in [-0.25, -0.2) is 14.8 Å². The maximum atomic E-state index is 11.2. The Bertz CT molecular complexity index is 1050. The number of hydrogen-bond acceptors (Lipinski definition) is 9. The van der Waals surface area contributed by atoms with Gasteiger partial charge in [0, 0.05) is 26.4 Å². The first kappa shape index (κ1) is 22.2. The van der Waals surface area contributed by atoms with Gasteiger partial charge < -0.3 is 24.8 Å². The zero-order chi connectivity index (χ0) is 22.4. The summed E-state index contributed by atoms with van der Waals surface area (Å²) in [4.78, 5) is 26.7. The number of nitrogens with zero attached hydrogens (tertiary/aromatic N) is 6. The number of aryl methyl sites for hydroxylation is 1. The Labute approximate surface area is 180 Å². The van der Waals surface area contributed by atoms with E-state index >= 15 is 0 Å². The van der Waals surface area contributed by atoms with Gasteiger partial charge in [-0.1, -0.05) is 6.92 Å². The van der Waals surface area contributed by atoms with Crippen LogP contribution in [0.5, 0.6) is 5.88 Å². The molecule has 3 heterocycles. The lowest BCUT2D eigenvalue weighted by atomic mass is 10.3. The molecule has 0 bridgehead atoms. The van der Waals surface area contributed by atoms with Crippen LogP contribution in [0.3, 0.4) is 0 Å². The molecule has 0 unspecified atom stereocenters. The number of carbonyl (C=O) groups is 1. The second kappa shape index (κ2) is 10.0. The predicted octanol–water partition coefficient (Wildman–Crippen LogP) is 3.21. The highest BCUT2D eigenvalue weighted by molar-refractivity contribution is 5.92. The second-order valence-corrected chi connectivity index (χ2v) is 6.93. The Morgan fingerprint density at radius 3 is 2.81 bits per heavy atom. The molecular formula is C20H27N7O4. The Hall–Kier alpha value is -3.47. The van der Waals surface area contributed by atoms with Crippen LogP contribution in [0.1, 0.15) is 25.8 Å². The van der Waals surface area contributed by atoms with Crippen molar-refractivity contribution in [2.24, 2.45) is 0 Å². The van der Waals surface area contributed by atoms with E-state index in [2.05, 4.69) is 32.3 Å². The third-order valence-corrected chi connectivity index (χ3v) is 4.44. The Kier molecular flexibility index (Phi) is 7.19. The lowest BCUT2D eigenvalue weighted by Gasteiger charge is -2.18. The van der Waals surface area contributed by atoms with Crippen LogP contribution in [0.25, 0.3) is 11.0 Å². The first-order chi connectivity index (χ1) is 14.9. The van der Waals surface area contributed by atoms with Crippen molar-refractivity contribution < 1.29 is 19.4 Å². The van der Waals surface area contributed by atoms with Crippen molar-refractivity contribution in [2.45, 2.75) is 33.7 Å². The highest BCUT2D eigenvalue weighted by atomic mass is 16.7. The summed E-state index contributed by atoms with van der Waals surface area (Å²) in [5, 5.41) is 16.7. The summed E-state index contributed by atoms with van der Waals surface area (Å²) in [5.41, 5.74) is 1.83. The smallest absolute Gasteiger partial charge is 0.449 e. The molecule has 11 nitrogen and oxygen atoms in total. The van der Waals surface area contributed by atoms with Crippen molar-refractivity contribution >= 4 is 34.8 Å². The molecule has 0 radical (unpaired) electrons. The monoisotopic (exact) mass is 429 g/mol. The molecule has 3 aromatic heterocycles. The van der Waals surface area contributed by atoms with Crippen LogP contribution in [0.2, 0.25) is 0 Å². The number of carboxylic acid groups (broad SMARTS) is 1. The van der Waals surface area contributed by atoms with E-state index in [1.54, 1.807) is 10.9 Å². The summed E-state index contributed by atoms with van der Waals surface area (Å²) in [6.45, 7) is 7.95. The normalized spacial score (nSPS) is 11.0. The number of ether oxygens (including phenoxy) is 2. The first-order valence-corrected chi connectivity index (χ1v) is 10.1. The lowest BCUT2D eigenvalue weighted by Crippen LogP contribution is -2.21. The first-order valence-electron chi connectivity index (χ1n) is 10.1. The molecule has 0 aliphatic carbocycles. The Morgan fingerprint density at radius 2 is 2.13 bits per heavy atom. The van der Waals surface area contributed by atoms with E-state index in [-0.39, 0.29) is 5.88 Å². The van der Waals surface area contributed by atoms with E-state index in [9.17, 15) is 9.90 Å². The van der Waals surface area contributed by atoms with E-state index in [1.165, 1.54) is 0 Å². The molecule has 2 N–H and O–H groups in total. The van der Waals surface area contributed by atoms with Crippen molar-refractivity contribution in [3.8, 4) is 5.88 Å². The minimum absolute atomic E-state index is 0.104. The van der Waals surface area contributed by atoms with Gasteiger partial charge in [0.05, 0.1) is 13.2 Å². The molecule has 0 spiro atoms. The van der Waals surface area contributed by atoms with E-state index in [0.717, 1.165) is 18.5 Å². The number of fused-ring (bicyclic) bond motifs is 1. The average molecular weight is 429 g/mol. The molecule has 0 amide bonds. The van der Waals surface area contributed by atoms with Crippen molar-refractivity contribution in [1.82, 2.24) is 24.7 Å². The predicted molar refractivity (Wildman–Crippen MR) is 116 cm³/mol. The highest BCUT2D eigenvalue weighted by Gasteiger charge is 2.23. The molecule has 0 atom stereocenters. The zero-order valence-electron chi connectivity index (χ0n) is 18.1. The molecule has 11 heteroatoms. The molecular weight excluding hydrogens is 402 g/mol. The molecule has 31 heavy (non-hydrogen) atoms. The van der Waals surface area contributed by atoms with Crippen LogP contribution >= 0.6 is 0 Å². The third kappa shape index (κ3) is 5.37. The van der Waals surface area contributed by atoms with Gasteiger partial charge in [0.1, 0.15) is 11.3 Å². The van der Waals surface area contributed by atoms with Crippen molar-refractivity contribution in [2.75, 3.05) is 37.0 Å². The van der Waals surface area contributed by atoms with Crippen LogP contribution in [0.15, 0.2) is 18.3 Å². The summed E-state index contributed by atoms with van der Waals surface area (Å²) in [5.74, 6) is 1.37. The molecule has 0 aliphatic heterocycles. The molecule has 0 fully saturated rings. The summed E-state index contributed by atoms with van der Waals surface area (Å²) in [7, 11) is 1.87. The van der Waals surface area contributed by atoms with Gasteiger partial charge in [0.25, 0.3) is 5.88 Å². The van der Waals surface area contributed by atoms with Gasteiger partial charge in [-0.2, -0.15) is 4.98 Å². The number of hydrogen-bond donors (Lipinski definition) is 2. The third-order valence-electron chi connectivity index (χ3n) is 4.44. The number of aromatic nitrogens is 5. The maximum absolute atomic E-state index is 11.2. The second-order valence-electron chi connectivity index (χ2n) is 6.93. The summed E-state index contributed by atoms with van der Waals surface area (Å²) in [6, 6.07) is 3.78. The van der Waals surface area contributed by atoms with Crippen LogP contribution in [0, 0.1) is 6.92 Å². The maximum Gasteiger partial charge on any atom is 0.512 e. The van der Waals surface area contributed by atoms with Gasteiger partial charge in [0.15, 0.2) is 11.3 Å². The summed E-state index contributed by atoms with van der Waals surface area (Å²) < 4.78 is 12.0. The minimum atomic E-state index is -1.46. The Balaban J connectivity index is 2.17. The van der Waals surface area contributed by atoms with Crippen molar-refractivity contribution in [3.63, 3.8) is 0 Å². The van der Waals surface area contributed by atoms with Gasteiger partial charge in [0.2, 0.25) is 5.95 Å². The molecule has 3 rings (SSSR count). The fourth-order valence-corrected chi connectivity index (χ4v) is 3.07. The van der Waals surface area contributed by atoms with Gasteiger partial charge in [-0.15, -0.1) is 5.10 Å². The number of nitrogens with one attached hydrogen (secondary N) is 1. The molecule has 0 saturated heterocycles. The largest absolute Gasteiger partial charge is 0.512 e. The molecule has 166 valence electrons. The molecule has 3 aromatic rings. The van der Waals surface area contributed by atoms with Crippen molar-refractivity contribution in [3.05, 3.63) is 23.9 Å². The Morgan fingerprint density at radius 1 is 1.32 bits per heavy atom. The van der Waals surface area contributed by atoms with E-state index < -0.39 is 6.16 Å². The van der Waals surface area contributed by atoms with Gasteiger partial charge in [-0.3, -0.25) is 4.68 Å². The lowest BCUT2D eigenvalue weighted by molar-refractivity contribution is 0.134. The number of rotatable bonds is 10. The quantitative estimate of drug-likeness (QED) is 0.366. The number of pyridine rings is 1. The minimum Gasteiger partial charge on any atom is -0.449 e. The van der Waals surface area contributed by atoms with Crippen LogP contribution in [-0.4, -0.2) is 62.8 Å². The number of anilines is 3. The molecule has 0 aromatic carbocycles. The summed E-state index contributed by atoms with van der Waals surface area (Å²) in [6.07, 6.45) is 1.13. The van der Waals surface area contributed by atoms with E-state index in [1.807, 2.05) is 37.9 Å². The van der Waals surface area contributed by atoms with Gasteiger partial charge in [-0.05, 0) is 38.0 Å². The van der Waals surface area contributed by atoms with E-state index in [4.69, 9.17) is 9.47 Å². The highest BCUT2D eigenvalue weighted by Crippen LogP contribution is 2.32. The fraction of sp³-hybridized carbons (Fsp3) is 0.450. The van der Waals surface area contributed by atoms with Gasteiger partial charge >= 0.3 is 6.16 Å². The summed E-state index contributed by atoms with van der Waals surface area (Å²) >= 11 is 0. The SMILES string of the molecule is CCCN(C)c1nc(Nc2cc(C)ccn2)c2c(n1)c(OC(=O)O)nn2CCOCC. The standard InChI is InChI=1S/C20H27N7O4/c1-5-9-26(4)19-23-15-16(17(24-19)22-14-12-13(3)7-8-21-14)27(10-11-30-6-2)25-18(15)31-20(28)29/h7-8,12H,5-6,9-11H2,1-4H3,(H,28,29)(H,21,22,23,24). The average Bonchev–Trinajstić information content (AvgIpc) is 3.05. The van der Waals surface area contributed by atoms with Crippen molar-refractivity contribution in [1.29, 1.82) is 0 Å². The molecule has 0 saturated carbocycles. The van der Waals surface area contributed by atoms with Crippen LogP contribution in [-0.2, 0) is 11.3 Å². The van der Waals surface area contributed by atoms with E-state index in [0.29, 0.717) is 48.4 Å². The molecule has 0 aliphatic rings. The zero-order valence-corrected chi connectivity index (χ0v) is 18.1. The topological polar surface area (TPSA) is 128 Å². The fourth-order valence-electron chi connectivity index (χ4n) is 3.07. The van der Waals surface area contributed by atoms with Crippen LogP contribution < -0.4 is 15.0 Å². The van der Waals surface area contributed by atoms with Crippen LogP contribution in [0.4, 0.5) is 22.4 Å².